The number of nitrogens with one attached hydrogen (secondary N) is 1. The standard InChI is InChI=1S/C21H27ClN4O.C2HF3O2/c22-17-6-4-16(5-7-17)13-25-11-8-18(9-12-25)24-19-14-26(15-20(19)27)21-3-1-2-10-23-21;3-2(4,5)1(6)7/h1-7,10,18-20,24,27H,8-9,11-15H2;(H,6,7)/t19?,20-;/m1./s1. The number of aliphatic hydroxyl groups is 1. The van der Waals surface area contributed by atoms with E-state index in [1.165, 1.54) is 5.56 Å². The van der Waals surface area contributed by atoms with Crippen molar-refractivity contribution in [3.8, 4) is 0 Å². The predicted molar refractivity (Wildman–Crippen MR) is 123 cm³/mol. The third-order valence-electron chi connectivity index (χ3n) is 5.86. The van der Waals surface area contributed by atoms with Gasteiger partial charge in [0.05, 0.1) is 12.1 Å². The first-order chi connectivity index (χ1) is 16.1. The Morgan fingerprint density at radius 2 is 1.76 bits per heavy atom. The SMILES string of the molecule is O=C(O)C(F)(F)F.O[C@@H]1CN(c2ccccn2)CC1NC1CCN(Cc2ccc(Cl)cc2)CC1. The van der Waals surface area contributed by atoms with Gasteiger partial charge in [0.1, 0.15) is 5.82 Å². The van der Waals surface area contributed by atoms with E-state index in [1.807, 2.05) is 30.3 Å². The van der Waals surface area contributed by atoms with E-state index in [4.69, 9.17) is 21.5 Å². The number of carboxylic acid groups (broad SMARTS) is 1. The number of piperidine rings is 1. The minimum Gasteiger partial charge on any atom is -0.475 e. The summed E-state index contributed by atoms with van der Waals surface area (Å²) in [5, 5.41) is 22.1. The Labute approximate surface area is 201 Å². The number of carboxylic acids is 1. The van der Waals surface area contributed by atoms with Gasteiger partial charge in [-0.2, -0.15) is 13.2 Å². The molecule has 2 saturated heterocycles. The summed E-state index contributed by atoms with van der Waals surface area (Å²) in [5.74, 6) is -1.81. The lowest BCUT2D eigenvalue weighted by molar-refractivity contribution is -0.192. The molecule has 1 aromatic carbocycles. The van der Waals surface area contributed by atoms with E-state index in [0.717, 1.165) is 49.9 Å². The Balaban J connectivity index is 0.000000406. The molecule has 7 nitrogen and oxygen atoms in total. The lowest BCUT2D eigenvalue weighted by Crippen LogP contribution is -2.49. The van der Waals surface area contributed by atoms with Crippen molar-refractivity contribution in [3.05, 3.63) is 59.2 Å². The second-order valence-electron chi connectivity index (χ2n) is 8.41. The maximum atomic E-state index is 10.6. The number of hydrogen-bond acceptors (Lipinski definition) is 6. The fraction of sp³-hybridized carbons (Fsp3) is 0.478. The molecule has 0 amide bonds. The van der Waals surface area contributed by atoms with E-state index in [9.17, 15) is 18.3 Å². The second-order valence-corrected chi connectivity index (χ2v) is 8.85. The van der Waals surface area contributed by atoms with Gasteiger partial charge < -0.3 is 20.4 Å². The van der Waals surface area contributed by atoms with Gasteiger partial charge in [-0.05, 0) is 55.8 Å². The fourth-order valence-corrected chi connectivity index (χ4v) is 4.21. The summed E-state index contributed by atoms with van der Waals surface area (Å²) < 4.78 is 31.7. The quantitative estimate of drug-likeness (QED) is 0.581. The molecule has 0 radical (unpaired) electrons. The minimum absolute atomic E-state index is 0.111. The number of pyridine rings is 1. The van der Waals surface area contributed by atoms with E-state index in [0.29, 0.717) is 12.6 Å². The summed E-state index contributed by atoms with van der Waals surface area (Å²) in [5.41, 5.74) is 1.31. The molecule has 0 saturated carbocycles. The van der Waals surface area contributed by atoms with Crippen LogP contribution in [0, 0.1) is 0 Å². The predicted octanol–water partition coefficient (Wildman–Crippen LogP) is 3.17. The maximum Gasteiger partial charge on any atom is 0.490 e. The van der Waals surface area contributed by atoms with Crippen LogP contribution in [0.15, 0.2) is 48.7 Å². The number of likely N-dealkylation sites (tertiary alicyclic amines) is 1. The molecular formula is C23H28ClF3N4O3. The number of aliphatic carboxylic acids is 1. The van der Waals surface area contributed by atoms with E-state index >= 15 is 0 Å². The molecule has 0 spiro atoms. The number of hydrogen-bond donors (Lipinski definition) is 3. The molecule has 1 aromatic heterocycles. The Hall–Kier alpha value is -2.40. The highest BCUT2D eigenvalue weighted by Crippen LogP contribution is 2.21. The number of aliphatic hydroxyl groups excluding tert-OH is 1. The van der Waals surface area contributed by atoms with Crippen LogP contribution in [0.5, 0.6) is 0 Å². The number of anilines is 1. The number of carbonyl (C=O) groups is 1. The van der Waals surface area contributed by atoms with Gasteiger partial charge in [0.25, 0.3) is 0 Å². The average molecular weight is 501 g/mol. The van der Waals surface area contributed by atoms with Crippen LogP contribution < -0.4 is 10.2 Å². The smallest absolute Gasteiger partial charge is 0.475 e. The molecular weight excluding hydrogens is 473 g/mol. The monoisotopic (exact) mass is 500 g/mol. The van der Waals surface area contributed by atoms with Crippen LogP contribution in [0.25, 0.3) is 0 Å². The van der Waals surface area contributed by atoms with Crippen LogP contribution in [0.3, 0.4) is 0 Å². The summed E-state index contributed by atoms with van der Waals surface area (Å²) in [4.78, 5) is 18.0. The zero-order valence-corrected chi connectivity index (χ0v) is 19.2. The molecule has 4 rings (SSSR count). The van der Waals surface area contributed by atoms with Gasteiger partial charge in [0.15, 0.2) is 0 Å². The van der Waals surface area contributed by atoms with E-state index in [-0.39, 0.29) is 12.1 Å². The van der Waals surface area contributed by atoms with Crippen LogP contribution in [0.2, 0.25) is 5.02 Å². The fourth-order valence-electron chi connectivity index (χ4n) is 4.09. The van der Waals surface area contributed by atoms with Crippen LogP contribution in [-0.2, 0) is 11.3 Å². The zero-order chi connectivity index (χ0) is 24.7. The van der Waals surface area contributed by atoms with Gasteiger partial charge in [-0.25, -0.2) is 9.78 Å². The van der Waals surface area contributed by atoms with Crippen molar-refractivity contribution in [3.63, 3.8) is 0 Å². The van der Waals surface area contributed by atoms with Crippen molar-refractivity contribution in [2.45, 2.75) is 43.8 Å². The van der Waals surface area contributed by atoms with Crippen molar-refractivity contribution in [2.75, 3.05) is 31.1 Å². The molecule has 11 heteroatoms. The highest BCUT2D eigenvalue weighted by Gasteiger charge is 2.38. The number of benzene rings is 1. The van der Waals surface area contributed by atoms with Gasteiger partial charge >= 0.3 is 12.1 Å². The molecule has 3 heterocycles. The Bertz CT molecular complexity index is 910. The summed E-state index contributed by atoms with van der Waals surface area (Å²) in [6.45, 7) is 4.58. The van der Waals surface area contributed by atoms with E-state index in [2.05, 4.69) is 32.2 Å². The lowest BCUT2D eigenvalue weighted by atomic mass is 10.0. The summed E-state index contributed by atoms with van der Waals surface area (Å²) in [6.07, 6.45) is -1.40. The topological polar surface area (TPSA) is 88.9 Å². The molecule has 1 unspecified atom stereocenters. The molecule has 0 aliphatic carbocycles. The molecule has 2 atom stereocenters. The van der Waals surface area contributed by atoms with Gasteiger partial charge in [0, 0.05) is 36.9 Å². The number of β-amino-alcohol motifs (C(OH)–C–C–N with tert-alkyl or cyclic N) is 1. The molecule has 2 fully saturated rings. The molecule has 2 aliphatic heterocycles. The zero-order valence-electron chi connectivity index (χ0n) is 18.5. The third-order valence-corrected chi connectivity index (χ3v) is 6.11. The van der Waals surface area contributed by atoms with Crippen LogP contribution in [0.1, 0.15) is 18.4 Å². The van der Waals surface area contributed by atoms with Crippen molar-refractivity contribution in [2.24, 2.45) is 0 Å². The van der Waals surface area contributed by atoms with Crippen LogP contribution in [-0.4, -0.2) is 76.6 Å². The second kappa shape index (κ2) is 11.8. The van der Waals surface area contributed by atoms with Crippen molar-refractivity contribution in [1.82, 2.24) is 15.2 Å². The third kappa shape index (κ3) is 7.83. The highest BCUT2D eigenvalue weighted by atomic mass is 35.5. The van der Waals surface area contributed by atoms with E-state index < -0.39 is 12.1 Å². The summed E-state index contributed by atoms with van der Waals surface area (Å²) in [7, 11) is 0. The number of nitrogens with zero attached hydrogens (tertiary/aromatic N) is 3. The first kappa shape index (κ1) is 26.2. The molecule has 2 aromatic rings. The van der Waals surface area contributed by atoms with Gasteiger partial charge in [-0.3, -0.25) is 4.90 Å². The Morgan fingerprint density at radius 1 is 1.12 bits per heavy atom. The minimum atomic E-state index is -5.08. The largest absolute Gasteiger partial charge is 0.490 e. The van der Waals surface area contributed by atoms with Gasteiger partial charge in [-0.15, -0.1) is 0 Å². The first-order valence-corrected chi connectivity index (χ1v) is 11.4. The highest BCUT2D eigenvalue weighted by molar-refractivity contribution is 6.30. The molecule has 2 aliphatic rings. The molecule has 186 valence electrons. The summed E-state index contributed by atoms with van der Waals surface area (Å²) in [6, 6.07) is 14.6. The van der Waals surface area contributed by atoms with Crippen LogP contribution >= 0.6 is 11.6 Å². The van der Waals surface area contributed by atoms with Crippen LogP contribution in [0.4, 0.5) is 19.0 Å². The maximum absolute atomic E-state index is 10.6. The Kier molecular flexibility index (Phi) is 9.12. The number of rotatable bonds is 5. The summed E-state index contributed by atoms with van der Waals surface area (Å²) >= 11 is 5.97. The van der Waals surface area contributed by atoms with Gasteiger partial charge in [0.2, 0.25) is 0 Å². The normalized spacial score (nSPS) is 21.7. The van der Waals surface area contributed by atoms with E-state index in [1.54, 1.807) is 6.20 Å². The number of aromatic nitrogens is 1. The van der Waals surface area contributed by atoms with Gasteiger partial charge in [-0.1, -0.05) is 29.8 Å². The Morgan fingerprint density at radius 3 is 2.32 bits per heavy atom. The lowest BCUT2D eigenvalue weighted by Gasteiger charge is -2.34. The van der Waals surface area contributed by atoms with Crippen molar-refractivity contribution in [1.29, 1.82) is 0 Å². The first-order valence-electron chi connectivity index (χ1n) is 11.0. The molecule has 3 N–H and O–H groups in total. The molecule has 34 heavy (non-hydrogen) atoms. The van der Waals surface area contributed by atoms with Crippen molar-refractivity contribution >= 4 is 23.4 Å². The average Bonchev–Trinajstić information content (AvgIpc) is 3.17. The number of halogens is 4. The number of alkyl halides is 3. The van der Waals surface area contributed by atoms with Crippen molar-refractivity contribution < 1.29 is 28.2 Å². The molecule has 0 bridgehead atoms.